The van der Waals surface area contributed by atoms with Crippen molar-refractivity contribution in [3.05, 3.63) is 95.6 Å². The molecular formula is C21H18O3. The highest BCUT2D eigenvalue weighted by molar-refractivity contribution is 5.91. The van der Waals surface area contributed by atoms with Crippen molar-refractivity contribution < 1.29 is 14.3 Å². The van der Waals surface area contributed by atoms with Crippen molar-refractivity contribution in [1.82, 2.24) is 0 Å². The van der Waals surface area contributed by atoms with Gasteiger partial charge in [-0.15, -0.1) is 0 Å². The summed E-state index contributed by atoms with van der Waals surface area (Å²) in [5, 5.41) is 0. The highest BCUT2D eigenvalue weighted by Crippen LogP contribution is 2.16. The molecule has 0 radical (unpaired) electrons. The minimum atomic E-state index is -0.368. The molecule has 0 aliphatic rings. The van der Waals surface area contributed by atoms with E-state index in [1.807, 2.05) is 61.5 Å². The van der Waals surface area contributed by atoms with Gasteiger partial charge in [0.25, 0.3) is 0 Å². The fourth-order valence-corrected chi connectivity index (χ4v) is 2.26. The molecule has 0 aliphatic heterocycles. The fourth-order valence-electron chi connectivity index (χ4n) is 2.26. The SMILES string of the molecule is Cc1cccc(OCc2ccc(C(=O)Oc3ccccc3)cc2)c1. The van der Waals surface area contributed by atoms with Gasteiger partial charge in [-0.1, -0.05) is 42.5 Å². The van der Waals surface area contributed by atoms with E-state index in [1.165, 1.54) is 0 Å². The van der Waals surface area contributed by atoms with Crippen LogP contribution in [-0.4, -0.2) is 5.97 Å². The molecule has 0 saturated heterocycles. The van der Waals surface area contributed by atoms with E-state index in [-0.39, 0.29) is 5.97 Å². The van der Waals surface area contributed by atoms with E-state index in [9.17, 15) is 4.79 Å². The van der Waals surface area contributed by atoms with Crippen molar-refractivity contribution in [3.63, 3.8) is 0 Å². The lowest BCUT2D eigenvalue weighted by Gasteiger charge is -2.08. The van der Waals surface area contributed by atoms with Gasteiger partial charge in [0.05, 0.1) is 5.56 Å². The Kier molecular flexibility index (Phi) is 4.92. The summed E-state index contributed by atoms with van der Waals surface area (Å²) in [5.74, 6) is 1.00. The lowest BCUT2D eigenvalue weighted by atomic mass is 10.1. The molecule has 3 nitrogen and oxygen atoms in total. The van der Waals surface area contributed by atoms with Crippen LogP contribution >= 0.6 is 0 Å². The quantitative estimate of drug-likeness (QED) is 0.501. The number of benzene rings is 3. The molecule has 0 unspecified atom stereocenters. The van der Waals surface area contributed by atoms with Crippen LogP contribution in [-0.2, 0) is 6.61 Å². The summed E-state index contributed by atoms with van der Waals surface area (Å²) in [6, 6.07) is 24.2. The van der Waals surface area contributed by atoms with Gasteiger partial charge in [0.15, 0.2) is 0 Å². The monoisotopic (exact) mass is 318 g/mol. The zero-order chi connectivity index (χ0) is 16.8. The average molecular weight is 318 g/mol. The number of hydrogen-bond donors (Lipinski definition) is 0. The molecule has 3 rings (SSSR count). The summed E-state index contributed by atoms with van der Waals surface area (Å²) in [6.45, 7) is 2.48. The number of ether oxygens (including phenoxy) is 2. The summed E-state index contributed by atoms with van der Waals surface area (Å²) >= 11 is 0. The summed E-state index contributed by atoms with van der Waals surface area (Å²) in [7, 11) is 0. The van der Waals surface area contributed by atoms with Crippen LogP contribution in [0.25, 0.3) is 0 Å². The maximum absolute atomic E-state index is 12.1. The van der Waals surface area contributed by atoms with Gasteiger partial charge in [0.2, 0.25) is 0 Å². The Morgan fingerprint density at radius 2 is 1.54 bits per heavy atom. The predicted molar refractivity (Wildman–Crippen MR) is 93.4 cm³/mol. The second-order valence-electron chi connectivity index (χ2n) is 5.50. The maximum Gasteiger partial charge on any atom is 0.343 e. The van der Waals surface area contributed by atoms with Gasteiger partial charge in [-0.25, -0.2) is 4.79 Å². The molecule has 0 atom stereocenters. The topological polar surface area (TPSA) is 35.5 Å². The molecule has 3 aromatic carbocycles. The molecule has 0 heterocycles. The number of carbonyl (C=O) groups is 1. The standard InChI is InChI=1S/C21H18O3/c1-16-6-5-9-20(14-16)23-15-17-10-12-18(13-11-17)21(22)24-19-7-3-2-4-8-19/h2-14H,15H2,1H3. The lowest BCUT2D eigenvalue weighted by molar-refractivity contribution is 0.0734. The first kappa shape index (κ1) is 15.8. The van der Waals surface area contributed by atoms with E-state index < -0.39 is 0 Å². The average Bonchev–Trinajstić information content (AvgIpc) is 2.61. The van der Waals surface area contributed by atoms with E-state index in [4.69, 9.17) is 9.47 Å². The van der Waals surface area contributed by atoms with Crippen LogP contribution in [0.3, 0.4) is 0 Å². The maximum atomic E-state index is 12.1. The first-order valence-electron chi connectivity index (χ1n) is 7.76. The fraction of sp³-hybridized carbons (Fsp3) is 0.0952. The molecule has 0 aliphatic carbocycles. The Morgan fingerprint density at radius 3 is 2.25 bits per heavy atom. The first-order valence-corrected chi connectivity index (χ1v) is 7.76. The van der Waals surface area contributed by atoms with E-state index in [0.29, 0.717) is 17.9 Å². The number of esters is 1. The normalized spacial score (nSPS) is 10.2. The van der Waals surface area contributed by atoms with E-state index in [0.717, 1.165) is 16.9 Å². The van der Waals surface area contributed by atoms with E-state index in [1.54, 1.807) is 24.3 Å². The van der Waals surface area contributed by atoms with Gasteiger partial charge in [0, 0.05) is 0 Å². The molecule has 0 saturated carbocycles. The van der Waals surface area contributed by atoms with Crippen LogP contribution in [0.1, 0.15) is 21.5 Å². The number of carbonyl (C=O) groups excluding carboxylic acids is 1. The number of aryl methyl sites for hydroxylation is 1. The van der Waals surface area contributed by atoms with Gasteiger partial charge >= 0.3 is 5.97 Å². The first-order chi connectivity index (χ1) is 11.7. The number of rotatable bonds is 5. The van der Waals surface area contributed by atoms with E-state index >= 15 is 0 Å². The zero-order valence-corrected chi connectivity index (χ0v) is 13.4. The van der Waals surface area contributed by atoms with Crippen molar-refractivity contribution in [1.29, 1.82) is 0 Å². The summed E-state index contributed by atoms with van der Waals surface area (Å²) < 4.78 is 11.1. The zero-order valence-electron chi connectivity index (χ0n) is 13.4. The van der Waals surface area contributed by atoms with Crippen molar-refractivity contribution >= 4 is 5.97 Å². The van der Waals surface area contributed by atoms with Crippen LogP contribution in [0, 0.1) is 6.92 Å². The summed E-state index contributed by atoms with van der Waals surface area (Å²) in [6.07, 6.45) is 0. The van der Waals surface area contributed by atoms with Gasteiger partial charge < -0.3 is 9.47 Å². The predicted octanol–water partition coefficient (Wildman–Crippen LogP) is 4.79. The largest absolute Gasteiger partial charge is 0.489 e. The second kappa shape index (κ2) is 7.47. The molecule has 24 heavy (non-hydrogen) atoms. The number of hydrogen-bond acceptors (Lipinski definition) is 3. The molecule has 0 amide bonds. The molecule has 3 heteroatoms. The minimum absolute atomic E-state index is 0.368. The van der Waals surface area contributed by atoms with Crippen molar-refractivity contribution in [2.24, 2.45) is 0 Å². The number of para-hydroxylation sites is 1. The highest BCUT2D eigenvalue weighted by Gasteiger charge is 2.08. The van der Waals surface area contributed by atoms with Crippen molar-refractivity contribution in [2.75, 3.05) is 0 Å². The molecule has 0 aromatic heterocycles. The molecule has 0 bridgehead atoms. The van der Waals surface area contributed by atoms with Crippen molar-refractivity contribution in [2.45, 2.75) is 13.5 Å². The van der Waals surface area contributed by atoms with Gasteiger partial charge in [-0.05, 0) is 54.4 Å². The Hall–Kier alpha value is -3.07. The Balaban J connectivity index is 1.59. The van der Waals surface area contributed by atoms with Gasteiger partial charge in [-0.2, -0.15) is 0 Å². The smallest absolute Gasteiger partial charge is 0.343 e. The molecule has 3 aromatic rings. The Bertz CT molecular complexity index is 808. The summed E-state index contributed by atoms with van der Waals surface area (Å²) in [4.78, 5) is 12.1. The van der Waals surface area contributed by atoms with Gasteiger partial charge in [0.1, 0.15) is 18.1 Å². The van der Waals surface area contributed by atoms with Crippen LogP contribution in [0.5, 0.6) is 11.5 Å². The third-order valence-electron chi connectivity index (χ3n) is 3.54. The molecule has 0 fully saturated rings. The molecular weight excluding hydrogens is 300 g/mol. The Morgan fingerprint density at radius 1 is 0.833 bits per heavy atom. The van der Waals surface area contributed by atoms with Crippen LogP contribution in [0.2, 0.25) is 0 Å². The summed E-state index contributed by atoms with van der Waals surface area (Å²) in [5.41, 5.74) is 2.66. The minimum Gasteiger partial charge on any atom is -0.489 e. The van der Waals surface area contributed by atoms with Crippen molar-refractivity contribution in [3.8, 4) is 11.5 Å². The van der Waals surface area contributed by atoms with Gasteiger partial charge in [-0.3, -0.25) is 0 Å². The second-order valence-corrected chi connectivity index (χ2v) is 5.50. The third kappa shape index (κ3) is 4.23. The third-order valence-corrected chi connectivity index (χ3v) is 3.54. The molecule has 0 spiro atoms. The highest BCUT2D eigenvalue weighted by atomic mass is 16.5. The van der Waals surface area contributed by atoms with E-state index in [2.05, 4.69) is 0 Å². The van der Waals surface area contributed by atoms with Crippen LogP contribution < -0.4 is 9.47 Å². The lowest BCUT2D eigenvalue weighted by Crippen LogP contribution is -2.08. The molecule has 120 valence electrons. The van der Waals surface area contributed by atoms with Crippen LogP contribution in [0.15, 0.2) is 78.9 Å². The Labute approximate surface area is 141 Å². The molecule has 0 N–H and O–H groups in total. The van der Waals surface area contributed by atoms with Crippen LogP contribution in [0.4, 0.5) is 0 Å².